The van der Waals surface area contributed by atoms with Crippen molar-refractivity contribution in [3.05, 3.63) is 52.9 Å². The van der Waals surface area contributed by atoms with Crippen LogP contribution in [0.25, 0.3) is 0 Å². The van der Waals surface area contributed by atoms with Crippen molar-refractivity contribution in [1.82, 2.24) is 14.9 Å². The van der Waals surface area contributed by atoms with Gasteiger partial charge in [-0.2, -0.15) is 13.2 Å². The van der Waals surface area contributed by atoms with Gasteiger partial charge in [-0.05, 0) is 11.6 Å². The summed E-state index contributed by atoms with van der Waals surface area (Å²) in [5, 5.41) is 0.542. The predicted octanol–water partition coefficient (Wildman–Crippen LogP) is 3.04. The maximum atomic E-state index is 12.8. The fourth-order valence-corrected chi connectivity index (χ4v) is 2.98. The fraction of sp³-hybridized carbons (Fsp3) is 0.353. The molecule has 1 fully saturated rings. The number of piperazine rings is 1. The van der Waals surface area contributed by atoms with Gasteiger partial charge in [0.05, 0.1) is 6.42 Å². The largest absolute Gasteiger partial charge is 0.433 e. The first kappa shape index (κ1) is 18.4. The zero-order valence-corrected chi connectivity index (χ0v) is 14.5. The summed E-state index contributed by atoms with van der Waals surface area (Å²) in [7, 11) is 0. The Morgan fingerprint density at radius 3 is 2.46 bits per heavy atom. The number of carbonyl (C=O) groups excluding carboxylic acids is 1. The Hall–Kier alpha value is -2.35. The third-order valence-corrected chi connectivity index (χ3v) is 4.57. The summed E-state index contributed by atoms with van der Waals surface area (Å²) >= 11 is 6.08. The average Bonchev–Trinajstić information content (AvgIpc) is 2.63. The fourth-order valence-electron chi connectivity index (χ4n) is 2.78. The van der Waals surface area contributed by atoms with E-state index in [-0.39, 0.29) is 18.1 Å². The van der Waals surface area contributed by atoms with Crippen LogP contribution >= 0.6 is 11.6 Å². The number of rotatable bonds is 3. The SMILES string of the molecule is O=C(Cc1ccccc1Cl)N1CCN(c2cc(C(F)(F)F)ncn2)CC1. The van der Waals surface area contributed by atoms with Crippen LogP contribution in [-0.2, 0) is 17.4 Å². The molecule has 1 aromatic carbocycles. The van der Waals surface area contributed by atoms with Crippen LogP contribution in [0.2, 0.25) is 5.02 Å². The summed E-state index contributed by atoms with van der Waals surface area (Å²) in [6.45, 7) is 1.63. The first-order chi connectivity index (χ1) is 12.3. The van der Waals surface area contributed by atoms with Gasteiger partial charge < -0.3 is 9.80 Å². The second kappa shape index (κ2) is 7.49. The number of halogens is 4. The van der Waals surface area contributed by atoms with Gasteiger partial charge in [0.1, 0.15) is 17.8 Å². The molecule has 0 atom stereocenters. The highest BCUT2D eigenvalue weighted by molar-refractivity contribution is 6.31. The van der Waals surface area contributed by atoms with Crippen molar-refractivity contribution >= 4 is 23.3 Å². The van der Waals surface area contributed by atoms with Crippen LogP contribution in [0.3, 0.4) is 0 Å². The summed E-state index contributed by atoms with van der Waals surface area (Å²) in [4.78, 5) is 23.0. The highest BCUT2D eigenvalue weighted by Gasteiger charge is 2.33. The predicted molar refractivity (Wildman–Crippen MR) is 91.0 cm³/mol. The monoisotopic (exact) mass is 384 g/mol. The lowest BCUT2D eigenvalue weighted by molar-refractivity contribution is -0.141. The molecule has 0 N–H and O–H groups in total. The van der Waals surface area contributed by atoms with E-state index in [1.807, 2.05) is 6.07 Å². The van der Waals surface area contributed by atoms with Crippen LogP contribution in [0, 0.1) is 0 Å². The van der Waals surface area contributed by atoms with Crippen molar-refractivity contribution in [2.75, 3.05) is 31.1 Å². The number of alkyl halides is 3. The summed E-state index contributed by atoms with van der Waals surface area (Å²) in [6.07, 6.45) is -3.40. The van der Waals surface area contributed by atoms with Crippen molar-refractivity contribution in [2.45, 2.75) is 12.6 Å². The van der Waals surface area contributed by atoms with E-state index in [0.717, 1.165) is 18.0 Å². The van der Waals surface area contributed by atoms with E-state index in [9.17, 15) is 18.0 Å². The molecule has 1 aliphatic rings. The van der Waals surface area contributed by atoms with Gasteiger partial charge >= 0.3 is 6.18 Å². The third-order valence-electron chi connectivity index (χ3n) is 4.20. The molecule has 0 bridgehead atoms. The number of hydrogen-bond acceptors (Lipinski definition) is 4. The Balaban J connectivity index is 1.61. The molecule has 1 amide bonds. The molecule has 5 nitrogen and oxygen atoms in total. The molecule has 9 heteroatoms. The van der Waals surface area contributed by atoms with E-state index in [1.165, 1.54) is 0 Å². The molecule has 0 saturated carbocycles. The zero-order valence-electron chi connectivity index (χ0n) is 13.7. The number of benzene rings is 1. The van der Waals surface area contributed by atoms with Crippen LogP contribution < -0.4 is 4.90 Å². The average molecular weight is 385 g/mol. The molecule has 1 aliphatic heterocycles. The van der Waals surface area contributed by atoms with Gasteiger partial charge in [-0.3, -0.25) is 4.79 Å². The first-order valence-corrected chi connectivity index (χ1v) is 8.38. The summed E-state index contributed by atoms with van der Waals surface area (Å²) in [5.74, 6) is 0.155. The number of carbonyl (C=O) groups is 1. The van der Waals surface area contributed by atoms with Gasteiger partial charge in [-0.15, -0.1) is 0 Å². The van der Waals surface area contributed by atoms with E-state index in [0.29, 0.717) is 31.2 Å². The van der Waals surface area contributed by atoms with Crippen molar-refractivity contribution < 1.29 is 18.0 Å². The minimum atomic E-state index is -4.51. The molecule has 2 aromatic rings. The van der Waals surface area contributed by atoms with E-state index in [1.54, 1.807) is 28.0 Å². The topological polar surface area (TPSA) is 49.3 Å². The molecule has 0 unspecified atom stereocenters. The molecule has 0 radical (unpaired) electrons. The normalized spacial score (nSPS) is 15.2. The van der Waals surface area contributed by atoms with Gasteiger partial charge in [0.15, 0.2) is 0 Å². The van der Waals surface area contributed by atoms with Crippen molar-refractivity contribution in [2.24, 2.45) is 0 Å². The molecule has 26 heavy (non-hydrogen) atoms. The minimum absolute atomic E-state index is 0.0589. The second-order valence-electron chi connectivity index (χ2n) is 5.90. The van der Waals surface area contributed by atoms with E-state index in [4.69, 9.17) is 11.6 Å². The molecule has 0 spiro atoms. The Kier molecular flexibility index (Phi) is 5.31. The van der Waals surface area contributed by atoms with E-state index < -0.39 is 11.9 Å². The lowest BCUT2D eigenvalue weighted by Crippen LogP contribution is -2.49. The quantitative estimate of drug-likeness (QED) is 0.816. The third kappa shape index (κ3) is 4.24. The minimum Gasteiger partial charge on any atom is -0.353 e. The Morgan fingerprint density at radius 1 is 1.12 bits per heavy atom. The molecule has 1 saturated heterocycles. The lowest BCUT2D eigenvalue weighted by atomic mass is 10.1. The van der Waals surface area contributed by atoms with Gasteiger partial charge in [-0.25, -0.2) is 9.97 Å². The van der Waals surface area contributed by atoms with Gasteiger partial charge in [-0.1, -0.05) is 29.8 Å². The smallest absolute Gasteiger partial charge is 0.353 e. The van der Waals surface area contributed by atoms with Crippen LogP contribution in [0.5, 0.6) is 0 Å². The van der Waals surface area contributed by atoms with Crippen LogP contribution in [0.4, 0.5) is 19.0 Å². The molecule has 3 rings (SSSR count). The Bertz CT molecular complexity index is 792. The Labute approximate surface area is 153 Å². The number of nitrogens with zero attached hydrogens (tertiary/aromatic N) is 4. The summed E-state index contributed by atoms with van der Waals surface area (Å²) in [5.41, 5.74) is -0.216. The van der Waals surface area contributed by atoms with Crippen molar-refractivity contribution in [1.29, 1.82) is 0 Å². The zero-order chi connectivity index (χ0) is 18.7. The number of anilines is 1. The van der Waals surface area contributed by atoms with Gasteiger partial charge in [0, 0.05) is 37.3 Å². The number of amides is 1. The van der Waals surface area contributed by atoms with Gasteiger partial charge in [0.25, 0.3) is 0 Å². The standard InChI is InChI=1S/C17H16ClF3N4O/c18-13-4-2-1-3-12(13)9-16(26)25-7-5-24(6-8-25)15-10-14(17(19,20)21)22-11-23-15/h1-4,10-11H,5-9H2. The van der Waals surface area contributed by atoms with Crippen molar-refractivity contribution in [3.63, 3.8) is 0 Å². The highest BCUT2D eigenvalue weighted by Crippen LogP contribution is 2.29. The van der Waals surface area contributed by atoms with Crippen molar-refractivity contribution in [3.8, 4) is 0 Å². The van der Waals surface area contributed by atoms with Gasteiger partial charge in [0.2, 0.25) is 5.91 Å². The highest BCUT2D eigenvalue weighted by atomic mass is 35.5. The molecule has 2 heterocycles. The van der Waals surface area contributed by atoms with Crippen LogP contribution in [0.15, 0.2) is 36.7 Å². The van der Waals surface area contributed by atoms with E-state index in [2.05, 4.69) is 9.97 Å². The first-order valence-electron chi connectivity index (χ1n) is 8.00. The Morgan fingerprint density at radius 2 is 1.81 bits per heavy atom. The summed E-state index contributed by atoms with van der Waals surface area (Å²) < 4.78 is 38.3. The molecule has 138 valence electrons. The van der Waals surface area contributed by atoms with Crippen LogP contribution in [-0.4, -0.2) is 47.0 Å². The van der Waals surface area contributed by atoms with E-state index >= 15 is 0 Å². The second-order valence-corrected chi connectivity index (χ2v) is 6.30. The number of hydrogen-bond donors (Lipinski definition) is 0. The summed E-state index contributed by atoms with van der Waals surface area (Å²) in [6, 6.07) is 8.08. The maximum Gasteiger partial charge on any atom is 0.433 e. The van der Waals surface area contributed by atoms with Crippen LogP contribution in [0.1, 0.15) is 11.3 Å². The molecular weight excluding hydrogens is 369 g/mol. The molecule has 0 aliphatic carbocycles. The maximum absolute atomic E-state index is 12.8. The lowest BCUT2D eigenvalue weighted by Gasteiger charge is -2.35. The molecular formula is C17H16ClF3N4O. The molecule has 1 aromatic heterocycles. The number of aromatic nitrogens is 2.